The van der Waals surface area contributed by atoms with Crippen LogP contribution in [0, 0.1) is 0 Å². The van der Waals surface area contributed by atoms with Crippen LogP contribution in [0.4, 0.5) is 0 Å². The number of fused-ring (bicyclic) bond motifs is 1. The molecule has 1 aromatic heterocycles. The largest absolute Gasteiger partial charge is 0.358 e. The Morgan fingerprint density at radius 3 is 2.52 bits per heavy atom. The average molecular weight is 365 g/mol. The predicted molar refractivity (Wildman–Crippen MR) is 108 cm³/mol. The van der Waals surface area contributed by atoms with Gasteiger partial charge in [0, 0.05) is 29.6 Å². The Balaban J connectivity index is 1.50. The van der Waals surface area contributed by atoms with E-state index >= 15 is 0 Å². The number of carbonyl (C=O) groups is 1. The molecule has 0 radical (unpaired) electrons. The smallest absolute Gasteiger partial charge is 0.243 e. The highest BCUT2D eigenvalue weighted by Gasteiger charge is 2.09. The van der Waals surface area contributed by atoms with Gasteiger partial charge in [-0.25, -0.2) is 5.48 Å². The molecule has 0 atom stereocenters. The summed E-state index contributed by atoms with van der Waals surface area (Å²) in [5.41, 5.74) is 7.93. The first kappa shape index (κ1) is 19.1. The molecule has 0 saturated heterocycles. The maximum Gasteiger partial charge on any atom is 0.243 e. The van der Waals surface area contributed by atoms with Crippen molar-refractivity contribution in [2.75, 3.05) is 6.54 Å². The number of rotatable bonds is 9. The van der Waals surface area contributed by atoms with Gasteiger partial charge in [0.05, 0.1) is 0 Å². The minimum Gasteiger partial charge on any atom is -0.358 e. The van der Waals surface area contributed by atoms with E-state index in [1.807, 2.05) is 12.1 Å². The quantitative estimate of drug-likeness (QED) is 0.266. The van der Waals surface area contributed by atoms with Gasteiger partial charge in [-0.3, -0.25) is 10.0 Å². The standard InChI is InChI=1S/C22H27N3O2/c1-2-20-19(18-5-3-4-6-21(18)24-20)13-14-23-15-17-9-7-16(8-10-17)11-12-22(26)25-27/h3-10,23-24,27H,2,11-15H2,1H3,(H,25,26). The number of aromatic amines is 1. The van der Waals surface area contributed by atoms with E-state index in [1.165, 1.54) is 27.7 Å². The predicted octanol–water partition coefficient (Wildman–Crippen LogP) is 3.50. The monoisotopic (exact) mass is 365 g/mol. The summed E-state index contributed by atoms with van der Waals surface area (Å²) in [7, 11) is 0. The Hall–Kier alpha value is -2.63. The number of hydrogen-bond donors (Lipinski definition) is 4. The molecule has 0 spiro atoms. The number of hydrogen-bond acceptors (Lipinski definition) is 3. The molecule has 2 aromatic carbocycles. The van der Waals surface area contributed by atoms with E-state index in [2.05, 4.69) is 53.6 Å². The number of para-hydroxylation sites is 1. The molecule has 0 saturated carbocycles. The van der Waals surface area contributed by atoms with E-state index in [0.29, 0.717) is 12.8 Å². The summed E-state index contributed by atoms with van der Waals surface area (Å²) in [5, 5.41) is 13.4. The first-order valence-corrected chi connectivity index (χ1v) is 9.51. The van der Waals surface area contributed by atoms with Crippen LogP contribution in [0.15, 0.2) is 48.5 Å². The molecule has 1 heterocycles. The lowest BCUT2D eigenvalue weighted by Gasteiger charge is -2.07. The van der Waals surface area contributed by atoms with E-state index in [1.54, 1.807) is 5.48 Å². The number of hydroxylamine groups is 1. The fourth-order valence-electron chi connectivity index (χ4n) is 3.43. The Kier molecular flexibility index (Phi) is 6.63. The molecule has 5 heteroatoms. The summed E-state index contributed by atoms with van der Waals surface area (Å²) in [6.07, 6.45) is 2.93. The second-order valence-corrected chi connectivity index (χ2v) is 6.76. The summed E-state index contributed by atoms with van der Waals surface area (Å²) < 4.78 is 0. The van der Waals surface area contributed by atoms with Crippen LogP contribution in [-0.4, -0.2) is 22.6 Å². The lowest BCUT2D eigenvalue weighted by molar-refractivity contribution is -0.129. The lowest BCUT2D eigenvalue weighted by atomic mass is 10.1. The first-order chi connectivity index (χ1) is 13.2. The molecule has 142 valence electrons. The molecule has 0 aliphatic heterocycles. The number of H-pyrrole nitrogens is 1. The van der Waals surface area contributed by atoms with Crippen LogP contribution in [0.5, 0.6) is 0 Å². The second kappa shape index (κ2) is 9.35. The number of aromatic nitrogens is 1. The molecule has 27 heavy (non-hydrogen) atoms. The van der Waals surface area contributed by atoms with Crippen molar-refractivity contribution >= 4 is 16.8 Å². The molecule has 0 aliphatic carbocycles. The molecule has 1 amide bonds. The SMILES string of the molecule is CCc1[nH]c2ccccc2c1CCNCc1ccc(CCC(=O)NO)cc1. The molecule has 3 aromatic rings. The first-order valence-electron chi connectivity index (χ1n) is 9.51. The number of amides is 1. The van der Waals surface area contributed by atoms with Crippen molar-refractivity contribution < 1.29 is 10.0 Å². The number of aryl methyl sites for hydroxylation is 2. The van der Waals surface area contributed by atoms with E-state index in [0.717, 1.165) is 31.5 Å². The van der Waals surface area contributed by atoms with Gasteiger partial charge in [-0.1, -0.05) is 49.4 Å². The highest BCUT2D eigenvalue weighted by molar-refractivity contribution is 5.84. The van der Waals surface area contributed by atoms with Crippen LogP contribution in [-0.2, 0) is 30.6 Å². The molecular weight excluding hydrogens is 338 g/mol. The van der Waals surface area contributed by atoms with Crippen molar-refractivity contribution in [3.8, 4) is 0 Å². The highest BCUT2D eigenvalue weighted by Crippen LogP contribution is 2.23. The van der Waals surface area contributed by atoms with Gasteiger partial charge in [-0.15, -0.1) is 0 Å². The van der Waals surface area contributed by atoms with Crippen molar-refractivity contribution in [2.24, 2.45) is 0 Å². The zero-order valence-electron chi connectivity index (χ0n) is 15.7. The Morgan fingerprint density at radius 2 is 1.78 bits per heavy atom. The summed E-state index contributed by atoms with van der Waals surface area (Å²) in [5.74, 6) is -0.357. The van der Waals surface area contributed by atoms with Crippen molar-refractivity contribution in [2.45, 2.75) is 39.2 Å². The third-order valence-corrected chi connectivity index (χ3v) is 4.92. The normalized spacial score (nSPS) is 11.0. The highest BCUT2D eigenvalue weighted by atomic mass is 16.5. The number of benzene rings is 2. The van der Waals surface area contributed by atoms with Crippen LogP contribution in [0.1, 0.15) is 35.7 Å². The summed E-state index contributed by atoms with van der Waals surface area (Å²) in [6, 6.07) is 16.7. The van der Waals surface area contributed by atoms with Gasteiger partial charge >= 0.3 is 0 Å². The summed E-state index contributed by atoms with van der Waals surface area (Å²) >= 11 is 0. The van der Waals surface area contributed by atoms with Gasteiger partial charge in [0.1, 0.15) is 0 Å². The van der Waals surface area contributed by atoms with Crippen molar-refractivity contribution in [3.05, 3.63) is 70.9 Å². The van der Waals surface area contributed by atoms with Crippen molar-refractivity contribution in [1.82, 2.24) is 15.8 Å². The fourth-order valence-corrected chi connectivity index (χ4v) is 3.43. The Labute approximate surface area is 159 Å². The zero-order chi connectivity index (χ0) is 19.1. The minimum absolute atomic E-state index is 0.290. The van der Waals surface area contributed by atoms with Gasteiger partial charge in [-0.05, 0) is 48.6 Å². The van der Waals surface area contributed by atoms with Crippen molar-refractivity contribution in [3.63, 3.8) is 0 Å². The lowest BCUT2D eigenvalue weighted by Crippen LogP contribution is -2.18. The zero-order valence-corrected chi connectivity index (χ0v) is 15.7. The van der Waals surface area contributed by atoms with Crippen molar-refractivity contribution in [1.29, 1.82) is 0 Å². The maximum atomic E-state index is 11.1. The van der Waals surface area contributed by atoms with Gasteiger partial charge in [-0.2, -0.15) is 0 Å². The van der Waals surface area contributed by atoms with Gasteiger partial charge in [0.15, 0.2) is 0 Å². The Morgan fingerprint density at radius 1 is 1.04 bits per heavy atom. The molecular formula is C22H27N3O2. The van der Waals surface area contributed by atoms with Crippen LogP contribution >= 0.6 is 0 Å². The van der Waals surface area contributed by atoms with Gasteiger partial charge in [0.2, 0.25) is 5.91 Å². The molecule has 0 bridgehead atoms. The number of carbonyl (C=O) groups excluding carboxylic acids is 1. The topological polar surface area (TPSA) is 77.2 Å². The molecule has 5 nitrogen and oxygen atoms in total. The number of nitrogens with one attached hydrogen (secondary N) is 3. The van der Waals surface area contributed by atoms with Crippen LogP contribution in [0.2, 0.25) is 0 Å². The summed E-state index contributed by atoms with van der Waals surface area (Å²) in [4.78, 5) is 14.6. The van der Waals surface area contributed by atoms with E-state index in [-0.39, 0.29) is 5.91 Å². The summed E-state index contributed by atoms with van der Waals surface area (Å²) in [6.45, 7) is 3.93. The second-order valence-electron chi connectivity index (χ2n) is 6.76. The van der Waals surface area contributed by atoms with Crippen LogP contribution < -0.4 is 10.8 Å². The van der Waals surface area contributed by atoms with Gasteiger partial charge in [0.25, 0.3) is 0 Å². The molecule has 0 unspecified atom stereocenters. The van der Waals surface area contributed by atoms with Crippen LogP contribution in [0.3, 0.4) is 0 Å². The fraction of sp³-hybridized carbons (Fsp3) is 0.318. The third kappa shape index (κ3) is 4.96. The average Bonchev–Trinajstić information content (AvgIpc) is 3.08. The molecule has 0 aliphatic rings. The van der Waals surface area contributed by atoms with Gasteiger partial charge < -0.3 is 10.3 Å². The Bertz CT molecular complexity index is 884. The van der Waals surface area contributed by atoms with E-state index in [4.69, 9.17) is 5.21 Å². The minimum atomic E-state index is -0.357. The molecule has 3 rings (SSSR count). The van der Waals surface area contributed by atoms with Crippen LogP contribution in [0.25, 0.3) is 10.9 Å². The maximum absolute atomic E-state index is 11.1. The third-order valence-electron chi connectivity index (χ3n) is 4.92. The van der Waals surface area contributed by atoms with E-state index < -0.39 is 0 Å². The van der Waals surface area contributed by atoms with E-state index in [9.17, 15) is 4.79 Å². The molecule has 0 fully saturated rings. The molecule has 4 N–H and O–H groups in total.